The van der Waals surface area contributed by atoms with Crippen LogP contribution < -0.4 is 0 Å². The van der Waals surface area contributed by atoms with Crippen molar-refractivity contribution in [2.24, 2.45) is 0 Å². The third-order valence-electron chi connectivity index (χ3n) is 6.57. The van der Waals surface area contributed by atoms with Gasteiger partial charge in [-0.05, 0) is 25.7 Å². The first-order valence-corrected chi connectivity index (χ1v) is 13.5. The van der Waals surface area contributed by atoms with Crippen LogP contribution in [0.5, 0.6) is 0 Å². The van der Waals surface area contributed by atoms with Crippen molar-refractivity contribution >= 4 is 0 Å². The Morgan fingerprint density at radius 1 is 0.448 bits per heavy atom. The SMILES string of the molecule is CCCCCCCCCCN1C=CN(CCCCCC)C1CCCCCCCC. The Morgan fingerprint density at radius 3 is 1.24 bits per heavy atom. The van der Waals surface area contributed by atoms with Gasteiger partial charge in [-0.25, -0.2) is 0 Å². The van der Waals surface area contributed by atoms with Gasteiger partial charge in [-0.2, -0.15) is 0 Å². The quantitative estimate of drug-likeness (QED) is 0.176. The van der Waals surface area contributed by atoms with E-state index in [1.165, 1.54) is 135 Å². The Kier molecular flexibility index (Phi) is 17.6. The van der Waals surface area contributed by atoms with E-state index in [4.69, 9.17) is 0 Å². The van der Waals surface area contributed by atoms with Crippen LogP contribution in [0.1, 0.15) is 143 Å². The Labute approximate surface area is 184 Å². The zero-order valence-corrected chi connectivity index (χ0v) is 20.5. The van der Waals surface area contributed by atoms with Crippen molar-refractivity contribution in [2.45, 2.75) is 149 Å². The van der Waals surface area contributed by atoms with Gasteiger partial charge in [0.05, 0.1) is 0 Å². The van der Waals surface area contributed by atoms with E-state index in [2.05, 4.69) is 43.0 Å². The van der Waals surface area contributed by atoms with E-state index in [1.807, 2.05) is 0 Å². The van der Waals surface area contributed by atoms with Crippen LogP contribution in [0.4, 0.5) is 0 Å². The molecule has 1 aliphatic rings. The second-order valence-corrected chi connectivity index (χ2v) is 9.35. The minimum Gasteiger partial charge on any atom is -0.356 e. The molecule has 0 spiro atoms. The first kappa shape index (κ1) is 26.4. The van der Waals surface area contributed by atoms with Crippen molar-refractivity contribution in [3.63, 3.8) is 0 Å². The molecule has 1 atom stereocenters. The average molecular weight is 407 g/mol. The van der Waals surface area contributed by atoms with Gasteiger partial charge in [0.25, 0.3) is 0 Å². The third kappa shape index (κ3) is 13.3. The number of nitrogens with zero attached hydrogens (tertiary/aromatic N) is 2. The molecule has 2 nitrogen and oxygen atoms in total. The lowest BCUT2D eigenvalue weighted by Gasteiger charge is -2.33. The molecule has 0 aliphatic carbocycles. The highest BCUT2D eigenvalue weighted by molar-refractivity contribution is 4.96. The van der Waals surface area contributed by atoms with Gasteiger partial charge in [-0.15, -0.1) is 0 Å². The molecule has 29 heavy (non-hydrogen) atoms. The zero-order chi connectivity index (χ0) is 21.0. The highest BCUT2D eigenvalue weighted by Crippen LogP contribution is 2.23. The van der Waals surface area contributed by atoms with E-state index >= 15 is 0 Å². The van der Waals surface area contributed by atoms with Gasteiger partial charge in [-0.1, -0.05) is 117 Å². The molecule has 1 rings (SSSR count). The van der Waals surface area contributed by atoms with Crippen LogP contribution >= 0.6 is 0 Å². The van der Waals surface area contributed by atoms with E-state index in [1.54, 1.807) is 0 Å². The van der Waals surface area contributed by atoms with Crippen LogP contribution in [-0.2, 0) is 0 Å². The molecule has 1 heterocycles. The Balaban J connectivity index is 2.27. The van der Waals surface area contributed by atoms with Crippen molar-refractivity contribution < 1.29 is 0 Å². The molecule has 2 heteroatoms. The molecule has 0 bridgehead atoms. The second kappa shape index (κ2) is 19.3. The summed E-state index contributed by atoms with van der Waals surface area (Å²) in [4.78, 5) is 5.33. The third-order valence-corrected chi connectivity index (χ3v) is 6.57. The van der Waals surface area contributed by atoms with E-state index in [-0.39, 0.29) is 0 Å². The van der Waals surface area contributed by atoms with Crippen LogP contribution in [0.15, 0.2) is 12.4 Å². The summed E-state index contributed by atoms with van der Waals surface area (Å²) >= 11 is 0. The number of unbranched alkanes of at least 4 members (excludes halogenated alkanes) is 15. The summed E-state index contributed by atoms with van der Waals surface area (Å²) in [5.41, 5.74) is 0. The summed E-state index contributed by atoms with van der Waals surface area (Å²) in [5.74, 6) is 0. The van der Waals surface area contributed by atoms with Gasteiger partial charge in [-0.3, -0.25) is 0 Å². The highest BCUT2D eigenvalue weighted by atomic mass is 15.4. The summed E-state index contributed by atoms with van der Waals surface area (Å²) in [6.45, 7) is 9.44. The average Bonchev–Trinajstić information content (AvgIpc) is 3.11. The van der Waals surface area contributed by atoms with Crippen molar-refractivity contribution in [1.82, 2.24) is 9.80 Å². The van der Waals surface area contributed by atoms with Gasteiger partial charge in [0, 0.05) is 25.5 Å². The van der Waals surface area contributed by atoms with E-state index in [9.17, 15) is 0 Å². The summed E-state index contributed by atoms with van der Waals surface area (Å²) < 4.78 is 0. The topological polar surface area (TPSA) is 6.48 Å². The highest BCUT2D eigenvalue weighted by Gasteiger charge is 2.24. The van der Waals surface area contributed by atoms with Gasteiger partial charge < -0.3 is 9.80 Å². The normalized spacial score (nSPS) is 16.3. The summed E-state index contributed by atoms with van der Waals surface area (Å²) in [6.07, 6.45) is 32.1. The van der Waals surface area contributed by atoms with Crippen LogP contribution in [0, 0.1) is 0 Å². The minimum atomic E-state index is 0.646. The molecular weight excluding hydrogens is 352 g/mol. The molecule has 0 fully saturated rings. The first-order valence-electron chi connectivity index (χ1n) is 13.5. The molecule has 0 radical (unpaired) electrons. The maximum Gasteiger partial charge on any atom is 0.101 e. The fraction of sp³-hybridized carbons (Fsp3) is 0.926. The number of hydrogen-bond donors (Lipinski definition) is 0. The van der Waals surface area contributed by atoms with Crippen molar-refractivity contribution in [1.29, 1.82) is 0 Å². The lowest BCUT2D eigenvalue weighted by atomic mass is 10.1. The van der Waals surface area contributed by atoms with Gasteiger partial charge >= 0.3 is 0 Å². The zero-order valence-electron chi connectivity index (χ0n) is 20.5. The molecule has 1 unspecified atom stereocenters. The van der Waals surface area contributed by atoms with Gasteiger partial charge in [0.2, 0.25) is 0 Å². The van der Waals surface area contributed by atoms with Crippen molar-refractivity contribution in [2.75, 3.05) is 13.1 Å². The van der Waals surface area contributed by atoms with Gasteiger partial charge in [0.15, 0.2) is 0 Å². The Morgan fingerprint density at radius 2 is 0.793 bits per heavy atom. The molecule has 0 saturated heterocycles. The fourth-order valence-electron chi connectivity index (χ4n) is 4.60. The molecule has 0 aromatic carbocycles. The Hall–Kier alpha value is -0.660. The standard InChI is InChI=1S/C27H54N2/c1-4-7-10-13-15-16-18-21-24-29-26-25-28(23-20-12-9-6-3)27(29)22-19-17-14-11-8-5-2/h25-27H,4-24H2,1-3H3. The van der Waals surface area contributed by atoms with Crippen LogP contribution in [-0.4, -0.2) is 29.1 Å². The summed E-state index contributed by atoms with van der Waals surface area (Å²) in [5, 5.41) is 0. The summed E-state index contributed by atoms with van der Waals surface area (Å²) in [6, 6.07) is 0. The first-order chi connectivity index (χ1) is 14.3. The molecule has 0 aromatic heterocycles. The number of hydrogen-bond acceptors (Lipinski definition) is 2. The van der Waals surface area contributed by atoms with Crippen molar-refractivity contribution in [3.8, 4) is 0 Å². The minimum absolute atomic E-state index is 0.646. The van der Waals surface area contributed by atoms with Crippen molar-refractivity contribution in [3.05, 3.63) is 12.4 Å². The molecule has 0 aromatic rings. The summed E-state index contributed by atoms with van der Waals surface area (Å²) in [7, 11) is 0. The van der Waals surface area contributed by atoms with Gasteiger partial charge in [0.1, 0.15) is 6.17 Å². The fourth-order valence-corrected chi connectivity index (χ4v) is 4.60. The Bertz CT molecular complexity index is 366. The predicted octanol–water partition coefficient (Wildman–Crippen LogP) is 8.87. The lowest BCUT2D eigenvalue weighted by molar-refractivity contribution is 0.135. The maximum atomic E-state index is 2.67. The van der Waals surface area contributed by atoms with Crippen LogP contribution in [0.3, 0.4) is 0 Å². The van der Waals surface area contributed by atoms with E-state index in [0.29, 0.717) is 6.17 Å². The van der Waals surface area contributed by atoms with Crippen LogP contribution in [0.25, 0.3) is 0 Å². The predicted molar refractivity (Wildman–Crippen MR) is 131 cm³/mol. The second-order valence-electron chi connectivity index (χ2n) is 9.35. The van der Waals surface area contributed by atoms with Crippen LogP contribution in [0.2, 0.25) is 0 Å². The molecular formula is C27H54N2. The molecule has 0 amide bonds. The maximum absolute atomic E-state index is 2.67. The molecule has 0 saturated carbocycles. The monoisotopic (exact) mass is 406 g/mol. The molecule has 172 valence electrons. The lowest BCUT2D eigenvalue weighted by Crippen LogP contribution is -2.39. The smallest absolute Gasteiger partial charge is 0.101 e. The number of rotatable bonds is 21. The molecule has 0 N–H and O–H groups in total. The molecule has 1 aliphatic heterocycles. The van der Waals surface area contributed by atoms with E-state index < -0.39 is 0 Å². The largest absolute Gasteiger partial charge is 0.356 e. The van der Waals surface area contributed by atoms with E-state index in [0.717, 1.165) is 0 Å².